The van der Waals surface area contributed by atoms with E-state index in [4.69, 9.17) is 10.2 Å². The molecular weight excluding hydrogens is 372 g/mol. The average molecular weight is 415 g/mol. The molecule has 0 saturated heterocycles. The van der Waals surface area contributed by atoms with Crippen LogP contribution in [0.5, 0.6) is 0 Å². The third-order valence-electron chi connectivity index (χ3n) is 4.64. The summed E-state index contributed by atoms with van der Waals surface area (Å²) in [5.41, 5.74) is 0. The fourth-order valence-corrected chi connectivity index (χ4v) is 2.95. The van der Waals surface area contributed by atoms with Crippen LogP contribution in [0.3, 0.4) is 0 Å². The second-order valence-corrected chi connectivity index (χ2v) is 7.19. The van der Waals surface area contributed by atoms with Gasteiger partial charge in [0.05, 0.1) is 6.61 Å². The molecular formula is C21H42CaO5. The number of carbonyl (C=O) groups excluding carboxylic acids is 2. The second-order valence-electron chi connectivity index (χ2n) is 7.19. The van der Waals surface area contributed by atoms with Crippen LogP contribution in [0.1, 0.15) is 113 Å². The van der Waals surface area contributed by atoms with Gasteiger partial charge in [-0.05, 0) is 6.42 Å². The summed E-state index contributed by atoms with van der Waals surface area (Å²) in [4.78, 5) is 22.5. The van der Waals surface area contributed by atoms with Crippen molar-refractivity contribution in [3.05, 3.63) is 0 Å². The molecule has 6 heteroatoms. The Balaban J connectivity index is -0.00000104. The van der Waals surface area contributed by atoms with Crippen LogP contribution in [-0.2, 0) is 14.3 Å². The Morgan fingerprint density at radius 1 is 0.778 bits per heavy atom. The van der Waals surface area contributed by atoms with Gasteiger partial charge in [-0.25, -0.2) is 4.79 Å². The molecule has 0 aliphatic carbocycles. The van der Waals surface area contributed by atoms with Crippen LogP contribution < -0.4 is 0 Å². The molecule has 0 radical (unpaired) electrons. The molecule has 0 aliphatic heterocycles. The van der Waals surface area contributed by atoms with Gasteiger partial charge in [-0.3, -0.25) is 4.79 Å². The molecule has 0 heterocycles. The van der Waals surface area contributed by atoms with Crippen molar-refractivity contribution in [2.75, 3.05) is 6.61 Å². The molecule has 0 bridgehead atoms. The maximum atomic E-state index is 11.4. The molecule has 2 N–H and O–H groups in total. The molecule has 0 rings (SSSR count). The first kappa shape index (κ1) is 29.5. The van der Waals surface area contributed by atoms with Crippen LogP contribution in [0.15, 0.2) is 0 Å². The summed E-state index contributed by atoms with van der Waals surface area (Å²) < 4.78 is 4.43. The summed E-state index contributed by atoms with van der Waals surface area (Å²) >= 11 is 0. The van der Waals surface area contributed by atoms with Gasteiger partial charge in [-0.2, -0.15) is 0 Å². The normalized spacial score (nSPS) is 11.7. The van der Waals surface area contributed by atoms with Gasteiger partial charge < -0.3 is 17.8 Å². The SMILES string of the molecule is CCCCCCCCCCCCCCCCCC(=O)OC(=O)C(O)CO.[Ca+2].[H-].[H-]. The van der Waals surface area contributed by atoms with E-state index in [1.807, 2.05) is 0 Å². The summed E-state index contributed by atoms with van der Waals surface area (Å²) in [5.74, 6) is -1.70. The zero-order valence-electron chi connectivity index (χ0n) is 19.4. The van der Waals surface area contributed by atoms with Gasteiger partial charge >= 0.3 is 49.7 Å². The van der Waals surface area contributed by atoms with E-state index in [1.165, 1.54) is 77.0 Å². The van der Waals surface area contributed by atoms with Crippen LogP contribution in [0, 0.1) is 0 Å². The van der Waals surface area contributed by atoms with Gasteiger partial charge in [-0.1, -0.05) is 96.8 Å². The predicted octanol–water partition coefficient (Wildman–Crippen LogP) is 4.52. The number of hydrogen-bond acceptors (Lipinski definition) is 5. The number of ether oxygens (including phenoxy) is 1. The zero-order chi connectivity index (χ0) is 19.5. The van der Waals surface area contributed by atoms with E-state index in [0.717, 1.165) is 12.8 Å². The Morgan fingerprint density at radius 3 is 1.52 bits per heavy atom. The molecule has 0 aromatic carbocycles. The van der Waals surface area contributed by atoms with E-state index < -0.39 is 24.6 Å². The summed E-state index contributed by atoms with van der Waals surface area (Å²) in [6.45, 7) is 1.52. The molecule has 1 unspecified atom stereocenters. The monoisotopic (exact) mass is 414 g/mol. The van der Waals surface area contributed by atoms with Crippen molar-refractivity contribution in [2.45, 2.75) is 116 Å². The smallest absolute Gasteiger partial charge is 1.00 e. The molecule has 0 fully saturated rings. The van der Waals surface area contributed by atoms with Crippen molar-refractivity contribution in [3.63, 3.8) is 0 Å². The molecule has 0 saturated carbocycles. The Morgan fingerprint density at radius 2 is 1.15 bits per heavy atom. The van der Waals surface area contributed by atoms with Crippen LogP contribution in [0.25, 0.3) is 0 Å². The van der Waals surface area contributed by atoms with Gasteiger partial charge in [0, 0.05) is 6.42 Å². The topological polar surface area (TPSA) is 83.8 Å². The van der Waals surface area contributed by atoms with Crippen molar-refractivity contribution >= 4 is 49.7 Å². The molecule has 0 aliphatic rings. The van der Waals surface area contributed by atoms with E-state index in [-0.39, 0.29) is 47.0 Å². The number of aliphatic hydroxyl groups is 2. The molecule has 5 nitrogen and oxygen atoms in total. The minimum Gasteiger partial charge on any atom is -1.00 e. The van der Waals surface area contributed by atoms with Crippen LogP contribution in [0.2, 0.25) is 0 Å². The molecule has 0 aromatic rings. The first-order chi connectivity index (χ1) is 12.6. The minimum absolute atomic E-state index is 0. The fourth-order valence-electron chi connectivity index (χ4n) is 2.95. The molecule has 0 aromatic heterocycles. The van der Waals surface area contributed by atoms with E-state index in [0.29, 0.717) is 6.42 Å². The van der Waals surface area contributed by atoms with Gasteiger partial charge in [-0.15, -0.1) is 0 Å². The number of rotatable bonds is 18. The van der Waals surface area contributed by atoms with Crippen molar-refractivity contribution in [1.29, 1.82) is 0 Å². The molecule has 27 heavy (non-hydrogen) atoms. The van der Waals surface area contributed by atoms with E-state index >= 15 is 0 Å². The summed E-state index contributed by atoms with van der Waals surface area (Å²) in [6, 6.07) is 0. The Kier molecular flexibility index (Phi) is 24.7. The second kappa shape index (κ2) is 22.6. The van der Waals surface area contributed by atoms with Gasteiger partial charge in [0.2, 0.25) is 0 Å². The summed E-state index contributed by atoms with van der Waals surface area (Å²) in [5, 5.41) is 17.6. The standard InChI is InChI=1S/C21H40O5.Ca.2H/c1-2-3-4-5-6-7-8-9-10-11-12-13-14-15-16-17-20(24)26-21(25)19(23)18-22;;;/h19,22-23H,2-18H2,1H3;;;/q;+2;2*-1. The number of unbranched alkanes of at least 4 members (excludes halogenated alkanes) is 14. The average Bonchev–Trinajstić information content (AvgIpc) is 2.64. The van der Waals surface area contributed by atoms with E-state index in [2.05, 4.69) is 11.7 Å². The van der Waals surface area contributed by atoms with Gasteiger partial charge in [0.15, 0.2) is 6.10 Å². The van der Waals surface area contributed by atoms with Crippen molar-refractivity contribution < 1.29 is 27.4 Å². The molecule has 1 atom stereocenters. The quantitative estimate of drug-likeness (QED) is 0.149. The third kappa shape index (κ3) is 20.9. The van der Waals surface area contributed by atoms with E-state index in [1.54, 1.807) is 0 Å². The van der Waals surface area contributed by atoms with Crippen molar-refractivity contribution in [3.8, 4) is 0 Å². The Hall–Kier alpha value is 0.320. The molecule has 158 valence electrons. The molecule has 0 spiro atoms. The van der Waals surface area contributed by atoms with Crippen LogP contribution in [0.4, 0.5) is 0 Å². The number of carbonyl (C=O) groups is 2. The molecule has 0 amide bonds. The maximum Gasteiger partial charge on any atom is 2.00 e. The summed E-state index contributed by atoms with van der Waals surface area (Å²) in [7, 11) is 0. The first-order valence-corrected chi connectivity index (χ1v) is 10.6. The predicted molar refractivity (Wildman–Crippen MR) is 112 cm³/mol. The summed E-state index contributed by atoms with van der Waals surface area (Å²) in [6.07, 6.45) is 17.4. The fraction of sp³-hybridized carbons (Fsp3) is 0.905. The van der Waals surface area contributed by atoms with Crippen molar-refractivity contribution in [1.82, 2.24) is 0 Å². The zero-order valence-corrected chi connectivity index (χ0v) is 19.6. The number of hydrogen-bond donors (Lipinski definition) is 2. The van der Waals surface area contributed by atoms with Crippen LogP contribution in [-0.4, -0.2) is 72.6 Å². The van der Waals surface area contributed by atoms with Crippen molar-refractivity contribution in [2.24, 2.45) is 0 Å². The van der Waals surface area contributed by atoms with Gasteiger partial charge in [0.25, 0.3) is 0 Å². The third-order valence-corrected chi connectivity index (χ3v) is 4.64. The minimum atomic E-state index is -1.62. The van der Waals surface area contributed by atoms with Gasteiger partial charge in [0.1, 0.15) is 0 Å². The van der Waals surface area contributed by atoms with Crippen LogP contribution >= 0.6 is 0 Å². The largest absolute Gasteiger partial charge is 2.00 e. The first-order valence-electron chi connectivity index (χ1n) is 10.6. The maximum absolute atomic E-state index is 11.4. The number of aliphatic hydroxyl groups excluding tert-OH is 2. The Bertz CT molecular complexity index is 360. The van der Waals surface area contributed by atoms with E-state index in [9.17, 15) is 9.59 Å². The number of esters is 2. The Labute approximate surface area is 198 Å².